The summed E-state index contributed by atoms with van der Waals surface area (Å²) in [5.74, 6) is -0.248. The van der Waals surface area contributed by atoms with E-state index in [0.29, 0.717) is 10.1 Å². The summed E-state index contributed by atoms with van der Waals surface area (Å²) in [6.07, 6.45) is 3.34. The third-order valence-corrected chi connectivity index (χ3v) is 6.01. The molecule has 2 aromatic heterocycles. The van der Waals surface area contributed by atoms with Gasteiger partial charge in [0.15, 0.2) is 10.7 Å². The molecule has 2 amide bonds. The standard InChI is InChI=1S/C16H16N4O2S2/c1-19-13(21)16(24-12-8-4-6-10-18-12)20(2)14(22)15(19)23-11-7-3-5-9-17-11/h3-10,15-16H,1-2H3/t15-,16-/m0/s1. The zero-order chi connectivity index (χ0) is 17.1. The van der Waals surface area contributed by atoms with Crippen LogP contribution in [0.4, 0.5) is 0 Å². The van der Waals surface area contributed by atoms with Crippen LogP contribution in [0.15, 0.2) is 58.8 Å². The zero-order valence-corrected chi connectivity index (χ0v) is 14.8. The van der Waals surface area contributed by atoms with Crippen LogP contribution >= 0.6 is 23.5 Å². The Bertz CT molecular complexity index is 666. The maximum Gasteiger partial charge on any atom is 0.257 e. The molecule has 8 heteroatoms. The second-order valence-corrected chi connectivity index (χ2v) is 7.38. The minimum Gasteiger partial charge on any atom is -0.322 e. The maximum atomic E-state index is 12.7. The largest absolute Gasteiger partial charge is 0.322 e. The van der Waals surface area contributed by atoms with Gasteiger partial charge >= 0.3 is 0 Å². The van der Waals surface area contributed by atoms with E-state index in [0.717, 1.165) is 0 Å². The second-order valence-electron chi connectivity index (χ2n) is 5.17. The van der Waals surface area contributed by atoms with Gasteiger partial charge in [-0.25, -0.2) is 9.97 Å². The first-order valence-corrected chi connectivity index (χ1v) is 9.02. The number of aromatic nitrogens is 2. The van der Waals surface area contributed by atoms with E-state index in [4.69, 9.17) is 0 Å². The average Bonchev–Trinajstić information content (AvgIpc) is 2.62. The van der Waals surface area contributed by atoms with Crippen molar-refractivity contribution >= 4 is 35.3 Å². The van der Waals surface area contributed by atoms with Crippen LogP contribution < -0.4 is 0 Å². The summed E-state index contributed by atoms with van der Waals surface area (Å²) >= 11 is 2.55. The maximum absolute atomic E-state index is 12.7. The summed E-state index contributed by atoms with van der Waals surface area (Å²) in [5.41, 5.74) is 0. The lowest BCUT2D eigenvalue weighted by Gasteiger charge is -2.40. The number of rotatable bonds is 4. The molecule has 0 saturated carbocycles. The second kappa shape index (κ2) is 7.23. The summed E-state index contributed by atoms with van der Waals surface area (Å²) < 4.78 is 0. The number of carbonyl (C=O) groups is 2. The van der Waals surface area contributed by atoms with Crippen LogP contribution in [-0.2, 0) is 9.59 Å². The van der Waals surface area contributed by atoms with Crippen LogP contribution in [0.2, 0.25) is 0 Å². The summed E-state index contributed by atoms with van der Waals surface area (Å²) in [6.45, 7) is 0. The molecule has 0 N–H and O–H groups in total. The van der Waals surface area contributed by atoms with E-state index in [1.54, 1.807) is 26.5 Å². The summed E-state index contributed by atoms with van der Waals surface area (Å²) in [6, 6.07) is 11.0. The van der Waals surface area contributed by atoms with Crippen LogP contribution in [0, 0.1) is 0 Å². The van der Waals surface area contributed by atoms with Gasteiger partial charge in [-0.05, 0) is 24.3 Å². The molecule has 0 bridgehead atoms. The third kappa shape index (κ3) is 3.39. The molecular formula is C16H16N4O2S2. The molecule has 1 saturated heterocycles. The number of pyridine rings is 2. The van der Waals surface area contributed by atoms with Crippen molar-refractivity contribution in [2.24, 2.45) is 0 Å². The minimum absolute atomic E-state index is 0.124. The number of piperazine rings is 1. The molecule has 1 aliphatic rings. The number of nitrogens with zero attached hydrogens (tertiary/aromatic N) is 4. The molecule has 24 heavy (non-hydrogen) atoms. The first-order valence-electron chi connectivity index (χ1n) is 7.26. The van der Waals surface area contributed by atoms with Gasteiger partial charge in [0.05, 0.1) is 10.1 Å². The Morgan fingerprint density at radius 1 is 0.792 bits per heavy atom. The lowest BCUT2D eigenvalue weighted by molar-refractivity contribution is -0.150. The highest BCUT2D eigenvalue weighted by Gasteiger charge is 2.44. The highest BCUT2D eigenvalue weighted by Crippen LogP contribution is 2.34. The van der Waals surface area contributed by atoms with Crippen molar-refractivity contribution in [2.75, 3.05) is 14.1 Å². The van der Waals surface area contributed by atoms with Crippen molar-refractivity contribution in [1.29, 1.82) is 0 Å². The Morgan fingerprint density at radius 2 is 1.21 bits per heavy atom. The molecule has 2 aromatic rings. The fraction of sp³-hybridized carbons (Fsp3) is 0.250. The molecule has 6 nitrogen and oxygen atoms in total. The predicted molar refractivity (Wildman–Crippen MR) is 93.3 cm³/mol. The van der Waals surface area contributed by atoms with Crippen LogP contribution in [0.5, 0.6) is 0 Å². The summed E-state index contributed by atoms with van der Waals surface area (Å²) in [4.78, 5) is 36.9. The van der Waals surface area contributed by atoms with E-state index < -0.39 is 10.7 Å². The fourth-order valence-electron chi connectivity index (χ4n) is 2.23. The minimum atomic E-state index is -0.613. The zero-order valence-electron chi connectivity index (χ0n) is 13.2. The van der Waals surface area contributed by atoms with E-state index in [-0.39, 0.29) is 11.8 Å². The van der Waals surface area contributed by atoms with Gasteiger partial charge in [0, 0.05) is 26.5 Å². The van der Waals surface area contributed by atoms with Gasteiger partial charge in [0.1, 0.15) is 0 Å². The van der Waals surface area contributed by atoms with Gasteiger partial charge in [-0.1, -0.05) is 35.7 Å². The van der Waals surface area contributed by atoms with Crippen LogP contribution in [0.3, 0.4) is 0 Å². The number of hydrogen-bond acceptors (Lipinski definition) is 6. The number of thioether (sulfide) groups is 2. The van der Waals surface area contributed by atoms with Gasteiger partial charge in [0.2, 0.25) is 0 Å². The van der Waals surface area contributed by atoms with Crippen molar-refractivity contribution in [3.63, 3.8) is 0 Å². The van der Waals surface area contributed by atoms with E-state index in [2.05, 4.69) is 9.97 Å². The Balaban J connectivity index is 1.78. The van der Waals surface area contributed by atoms with Gasteiger partial charge in [-0.2, -0.15) is 0 Å². The van der Waals surface area contributed by atoms with E-state index in [1.165, 1.54) is 33.3 Å². The van der Waals surface area contributed by atoms with Crippen molar-refractivity contribution in [3.8, 4) is 0 Å². The molecule has 0 unspecified atom stereocenters. The molecule has 3 rings (SSSR count). The monoisotopic (exact) mass is 360 g/mol. The normalized spacial score (nSPS) is 21.2. The highest BCUT2D eigenvalue weighted by atomic mass is 32.2. The highest BCUT2D eigenvalue weighted by molar-refractivity contribution is 8.01. The van der Waals surface area contributed by atoms with Crippen molar-refractivity contribution in [1.82, 2.24) is 19.8 Å². The molecule has 124 valence electrons. The molecular weight excluding hydrogens is 344 g/mol. The smallest absolute Gasteiger partial charge is 0.257 e. The Morgan fingerprint density at radius 3 is 1.54 bits per heavy atom. The predicted octanol–water partition coefficient (Wildman–Crippen LogP) is 1.94. The molecule has 0 spiro atoms. The fourth-order valence-corrected chi connectivity index (χ4v) is 4.31. The van der Waals surface area contributed by atoms with Crippen molar-refractivity contribution in [2.45, 2.75) is 20.8 Å². The van der Waals surface area contributed by atoms with E-state index >= 15 is 0 Å². The third-order valence-electron chi connectivity index (χ3n) is 3.56. The Hall–Kier alpha value is -2.06. The Kier molecular flexibility index (Phi) is 5.06. The van der Waals surface area contributed by atoms with Crippen LogP contribution in [-0.4, -0.2) is 56.4 Å². The molecule has 1 fully saturated rings. The Labute approximate surface area is 148 Å². The molecule has 3 heterocycles. The van der Waals surface area contributed by atoms with Gasteiger partial charge in [-0.3, -0.25) is 9.59 Å². The number of amides is 2. The van der Waals surface area contributed by atoms with Gasteiger partial charge in [-0.15, -0.1) is 0 Å². The molecule has 0 aromatic carbocycles. The van der Waals surface area contributed by atoms with E-state index in [9.17, 15) is 9.59 Å². The van der Waals surface area contributed by atoms with Gasteiger partial charge < -0.3 is 9.80 Å². The van der Waals surface area contributed by atoms with Crippen molar-refractivity contribution in [3.05, 3.63) is 48.8 Å². The number of likely N-dealkylation sites (N-methyl/N-ethyl adjacent to an activating group) is 2. The lowest BCUT2D eigenvalue weighted by Crippen LogP contribution is -2.60. The van der Waals surface area contributed by atoms with E-state index in [1.807, 2.05) is 36.4 Å². The van der Waals surface area contributed by atoms with Crippen molar-refractivity contribution < 1.29 is 9.59 Å². The number of hydrogen-bond donors (Lipinski definition) is 0. The first kappa shape index (κ1) is 16.8. The lowest BCUT2D eigenvalue weighted by atomic mass is 10.3. The molecule has 1 aliphatic heterocycles. The topological polar surface area (TPSA) is 66.4 Å². The van der Waals surface area contributed by atoms with Crippen LogP contribution in [0.25, 0.3) is 0 Å². The van der Waals surface area contributed by atoms with Crippen LogP contribution in [0.1, 0.15) is 0 Å². The quantitative estimate of drug-likeness (QED) is 0.830. The number of carbonyl (C=O) groups excluding carboxylic acids is 2. The SMILES string of the molecule is CN1C(=O)[C@H](Sc2ccccn2)N(C)C(=O)[C@@H]1Sc1ccccn1. The first-order chi connectivity index (χ1) is 11.6. The summed E-state index contributed by atoms with van der Waals surface area (Å²) in [5, 5.41) is 0.190. The molecule has 0 aliphatic carbocycles. The summed E-state index contributed by atoms with van der Waals surface area (Å²) in [7, 11) is 3.31. The van der Waals surface area contributed by atoms with Gasteiger partial charge in [0.25, 0.3) is 11.8 Å². The average molecular weight is 360 g/mol. The molecule has 0 radical (unpaired) electrons. The molecule has 2 atom stereocenters.